The zero-order chi connectivity index (χ0) is 27.4. The van der Waals surface area contributed by atoms with E-state index in [1.807, 2.05) is 0 Å². The van der Waals surface area contributed by atoms with E-state index in [1.54, 1.807) is 18.2 Å². The lowest BCUT2D eigenvalue weighted by atomic mass is 10.2. The number of nitro groups is 1. The summed E-state index contributed by atoms with van der Waals surface area (Å²) in [4.78, 5) is 53.2. The maximum absolute atomic E-state index is 12.9. The molecule has 3 aromatic rings. The molecule has 0 bridgehead atoms. The number of hydrogen-bond donors (Lipinski definition) is 1. The van der Waals surface area contributed by atoms with Gasteiger partial charge in [0.1, 0.15) is 6.54 Å². The largest absolute Gasteiger partial charge is 0.493 e. The first-order chi connectivity index (χ1) is 18.2. The van der Waals surface area contributed by atoms with Gasteiger partial charge in [0.2, 0.25) is 5.91 Å². The fourth-order valence-corrected chi connectivity index (χ4v) is 4.53. The molecule has 2 aromatic carbocycles. The van der Waals surface area contributed by atoms with Gasteiger partial charge < -0.3 is 14.8 Å². The summed E-state index contributed by atoms with van der Waals surface area (Å²) in [5.41, 5.74) is 0.583. The maximum Gasteiger partial charge on any atom is 0.331 e. The summed E-state index contributed by atoms with van der Waals surface area (Å²) in [5, 5.41) is 13.6. The fourth-order valence-electron chi connectivity index (χ4n) is 3.27. The number of hydrogen-bond acceptors (Lipinski definition) is 9. The quantitative estimate of drug-likeness (QED) is 0.186. The Morgan fingerprint density at radius 3 is 2.74 bits per heavy atom. The van der Waals surface area contributed by atoms with Crippen LogP contribution in [0.3, 0.4) is 0 Å². The van der Waals surface area contributed by atoms with Crippen molar-refractivity contribution in [1.82, 2.24) is 9.88 Å². The second-order valence-electron chi connectivity index (χ2n) is 7.54. The Bertz CT molecular complexity index is 1500. The topological polar surface area (TPSA) is 141 Å². The first kappa shape index (κ1) is 27.1. The fraction of sp³-hybridized carbons (Fsp3) is 0.0833. The van der Waals surface area contributed by atoms with Crippen LogP contribution in [0.4, 0.5) is 16.2 Å². The van der Waals surface area contributed by atoms with Crippen LogP contribution in [-0.2, 0) is 9.59 Å². The van der Waals surface area contributed by atoms with Gasteiger partial charge in [0.05, 0.1) is 22.0 Å². The minimum absolute atomic E-state index is 0.102. The lowest BCUT2D eigenvalue weighted by molar-refractivity contribution is -0.386. The predicted octanol–water partition coefficient (Wildman–Crippen LogP) is 5.88. The van der Waals surface area contributed by atoms with E-state index < -0.39 is 28.5 Å². The number of ether oxygens (including phenoxy) is 2. The summed E-state index contributed by atoms with van der Waals surface area (Å²) < 4.78 is 11.6. The Labute approximate surface area is 233 Å². The van der Waals surface area contributed by atoms with Crippen LogP contribution in [0.1, 0.15) is 5.56 Å². The van der Waals surface area contributed by atoms with Crippen LogP contribution in [0.15, 0.2) is 64.1 Å². The van der Waals surface area contributed by atoms with Gasteiger partial charge in [0.15, 0.2) is 11.5 Å². The van der Waals surface area contributed by atoms with Crippen molar-refractivity contribution in [2.24, 2.45) is 0 Å². The zero-order valence-electron chi connectivity index (χ0n) is 19.3. The average molecular weight is 620 g/mol. The number of nitrogens with one attached hydrogen (secondary N) is 1. The highest BCUT2D eigenvalue weighted by atomic mass is 79.9. The molecule has 1 N–H and O–H groups in total. The molecule has 3 amide bonds. The lowest BCUT2D eigenvalue weighted by Crippen LogP contribution is -2.36. The summed E-state index contributed by atoms with van der Waals surface area (Å²) in [6.07, 6.45) is 2.82. The smallest absolute Gasteiger partial charge is 0.331 e. The average Bonchev–Trinajstić information content (AvgIpc) is 3.14. The normalized spacial score (nSPS) is 14.1. The molecule has 1 fully saturated rings. The van der Waals surface area contributed by atoms with Gasteiger partial charge in [-0.25, -0.2) is 4.98 Å². The summed E-state index contributed by atoms with van der Waals surface area (Å²) >= 11 is 9.97. The summed E-state index contributed by atoms with van der Waals surface area (Å²) in [6.45, 7) is -0.478. The minimum atomic E-state index is -0.632. The molecule has 4 rings (SSSR count). The molecule has 11 nitrogen and oxygen atoms in total. The van der Waals surface area contributed by atoms with Gasteiger partial charge in [-0.2, -0.15) is 0 Å². The van der Waals surface area contributed by atoms with E-state index >= 15 is 0 Å². The Kier molecular flexibility index (Phi) is 8.29. The SMILES string of the molecule is COc1cc(/C=C2\SC(=O)N(CC(=O)Nc3ccc(Br)c(Cl)c3)C2=O)ccc1Oc1ncccc1[N+](=O)[O-]. The molecular formula is C24H16BrClN4O7S. The highest BCUT2D eigenvalue weighted by molar-refractivity contribution is 9.10. The van der Waals surface area contributed by atoms with E-state index in [0.717, 1.165) is 4.90 Å². The van der Waals surface area contributed by atoms with Gasteiger partial charge in [-0.1, -0.05) is 17.7 Å². The molecule has 14 heteroatoms. The van der Waals surface area contributed by atoms with Gasteiger partial charge in [-0.15, -0.1) is 0 Å². The molecule has 0 aliphatic carbocycles. The monoisotopic (exact) mass is 618 g/mol. The molecule has 0 saturated carbocycles. The molecule has 0 unspecified atom stereocenters. The number of thioether (sulfide) groups is 1. The number of carbonyl (C=O) groups excluding carboxylic acids is 3. The third kappa shape index (κ3) is 6.13. The van der Waals surface area contributed by atoms with E-state index in [0.29, 0.717) is 32.5 Å². The van der Waals surface area contributed by atoms with Crippen molar-refractivity contribution in [3.8, 4) is 17.4 Å². The maximum atomic E-state index is 12.9. The van der Waals surface area contributed by atoms with Crippen LogP contribution >= 0.6 is 39.3 Å². The van der Waals surface area contributed by atoms with E-state index in [-0.39, 0.29) is 28.0 Å². The van der Waals surface area contributed by atoms with Gasteiger partial charge in [0.25, 0.3) is 17.0 Å². The van der Waals surface area contributed by atoms with Gasteiger partial charge in [0, 0.05) is 22.4 Å². The van der Waals surface area contributed by atoms with Crippen LogP contribution in [0.5, 0.6) is 17.4 Å². The number of carbonyl (C=O) groups is 3. The molecule has 2 heterocycles. The first-order valence-corrected chi connectivity index (χ1v) is 12.6. The summed E-state index contributed by atoms with van der Waals surface area (Å²) in [7, 11) is 1.38. The molecule has 1 aromatic heterocycles. The summed E-state index contributed by atoms with van der Waals surface area (Å²) in [6, 6.07) is 12.1. The highest BCUT2D eigenvalue weighted by Gasteiger charge is 2.36. The molecule has 1 saturated heterocycles. The Balaban J connectivity index is 1.48. The zero-order valence-corrected chi connectivity index (χ0v) is 22.5. The van der Waals surface area contributed by atoms with Crippen molar-refractivity contribution in [2.75, 3.05) is 19.0 Å². The second-order valence-corrected chi connectivity index (χ2v) is 9.80. The van der Waals surface area contributed by atoms with Crippen molar-refractivity contribution in [3.05, 3.63) is 84.8 Å². The lowest BCUT2D eigenvalue weighted by Gasteiger charge is -2.13. The number of halogens is 2. The van der Waals surface area contributed by atoms with E-state index in [9.17, 15) is 24.5 Å². The second kappa shape index (κ2) is 11.6. The number of methoxy groups -OCH3 is 1. The number of aromatic nitrogens is 1. The number of rotatable bonds is 8. The molecule has 0 atom stereocenters. The van der Waals surface area contributed by atoms with Crippen LogP contribution in [0.25, 0.3) is 6.08 Å². The highest BCUT2D eigenvalue weighted by Crippen LogP contribution is 2.37. The van der Waals surface area contributed by atoms with E-state index in [4.69, 9.17) is 21.1 Å². The van der Waals surface area contributed by atoms with Gasteiger partial charge >= 0.3 is 5.69 Å². The number of amides is 3. The van der Waals surface area contributed by atoms with Gasteiger partial charge in [-0.3, -0.25) is 29.4 Å². The molecule has 194 valence electrons. The number of anilines is 1. The first-order valence-electron chi connectivity index (χ1n) is 10.6. The molecule has 1 aliphatic heterocycles. The van der Waals surface area contributed by atoms with Crippen LogP contribution < -0.4 is 14.8 Å². The molecule has 1 aliphatic rings. The minimum Gasteiger partial charge on any atom is -0.493 e. The van der Waals surface area contributed by atoms with E-state index in [2.05, 4.69) is 26.2 Å². The Hall–Kier alpha value is -3.94. The number of nitrogens with zero attached hydrogens (tertiary/aromatic N) is 3. The van der Waals surface area contributed by atoms with Crippen molar-refractivity contribution in [3.63, 3.8) is 0 Å². The van der Waals surface area contributed by atoms with Crippen molar-refractivity contribution in [2.45, 2.75) is 0 Å². The standard InChI is InChI=1S/C24H16BrClN4O7S/c1-36-19-9-13(4-7-18(19)37-22-17(30(34)35)3-2-8-27-22)10-20-23(32)29(24(33)38-20)12-21(31)28-14-5-6-15(25)16(26)11-14/h2-11H,12H2,1H3,(H,28,31)/b20-10-. The van der Waals surface area contributed by atoms with Crippen LogP contribution in [0, 0.1) is 10.1 Å². The van der Waals surface area contributed by atoms with Crippen molar-refractivity contribution >= 4 is 73.8 Å². The third-order valence-corrected chi connectivity index (χ3v) is 7.16. The number of imide groups is 1. The van der Waals surface area contributed by atoms with Crippen LogP contribution in [-0.4, -0.2) is 45.5 Å². The Morgan fingerprint density at radius 2 is 2.03 bits per heavy atom. The molecule has 0 spiro atoms. The molecule has 0 radical (unpaired) electrons. The number of benzene rings is 2. The third-order valence-electron chi connectivity index (χ3n) is 5.02. The number of pyridine rings is 1. The molecular weight excluding hydrogens is 604 g/mol. The van der Waals surface area contributed by atoms with Crippen LogP contribution in [0.2, 0.25) is 5.02 Å². The van der Waals surface area contributed by atoms with Gasteiger partial charge in [-0.05, 0) is 75.7 Å². The van der Waals surface area contributed by atoms with E-state index in [1.165, 1.54) is 49.7 Å². The van der Waals surface area contributed by atoms with Crippen molar-refractivity contribution in [1.29, 1.82) is 0 Å². The van der Waals surface area contributed by atoms with Crippen molar-refractivity contribution < 1.29 is 28.8 Å². The Morgan fingerprint density at radius 1 is 1.24 bits per heavy atom. The molecule has 38 heavy (non-hydrogen) atoms. The summed E-state index contributed by atoms with van der Waals surface area (Å²) in [5.74, 6) is -1.05. The predicted molar refractivity (Wildman–Crippen MR) is 144 cm³/mol.